The number of hydrogen-bond donors (Lipinski definition) is 1. The summed E-state index contributed by atoms with van der Waals surface area (Å²) in [5, 5.41) is 3.52. The van der Waals surface area contributed by atoms with E-state index in [1.807, 2.05) is 43.3 Å². The van der Waals surface area contributed by atoms with Crippen LogP contribution in [0.3, 0.4) is 0 Å². The summed E-state index contributed by atoms with van der Waals surface area (Å²) >= 11 is 1.44. The van der Waals surface area contributed by atoms with Crippen LogP contribution in [0.15, 0.2) is 53.1 Å². The van der Waals surface area contributed by atoms with E-state index in [-0.39, 0.29) is 5.91 Å². The van der Waals surface area contributed by atoms with Gasteiger partial charge in [-0.15, -0.1) is 11.3 Å². The lowest BCUT2D eigenvalue weighted by molar-refractivity contribution is 0.0942. The van der Waals surface area contributed by atoms with Crippen LogP contribution < -0.4 is 10.1 Å². The molecule has 0 radical (unpaired) electrons. The van der Waals surface area contributed by atoms with Crippen molar-refractivity contribution in [2.45, 2.75) is 6.92 Å². The molecule has 1 N–H and O–H groups in total. The third kappa shape index (κ3) is 3.78. The van der Waals surface area contributed by atoms with Crippen molar-refractivity contribution in [3.8, 4) is 16.5 Å². The highest BCUT2D eigenvalue weighted by Gasteiger charge is 2.17. The second-order valence-electron chi connectivity index (χ2n) is 4.82. The first-order chi connectivity index (χ1) is 11.2. The Morgan fingerprint density at radius 1 is 1.26 bits per heavy atom. The summed E-state index contributed by atoms with van der Waals surface area (Å²) in [5.41, 5.74) is 0.432. The number of ether oxygens (including phenoxy) is 1. The number of benzene rings is 1. The highest BCUT2D eigenvalue weighted by molar-refractivity contribution is 7.15. The van der Waals surface area contributed by atoms with Crippen LogP contribution in [0.2, 0.25) is 0 Å². The fourth-order valence-electron chi connectivity index (χ4n) is 2.05. The molecule has 0 aliphatic carbocycles. The molecule has 0 saturated heterocycles. The third-order valence-corrected chi connectivity index (χ3v) is 4.13. The Kier molecular flexibility index (Phi) is 4.73. The minimum Gasteiger partial charge on any atom is -0.492 e. The molecule has 5 nitrogen and oxygen atoms in total. The molecule has 0 spiro atoms. The molecule has 23 heavy (non-hydrogen) atoms. The van der Waals surface area contributed by atoms with Crippen LogP contribution in [0.25, 0.3) is 10.8 Å². The zero-order valence-corrected chi connectivity index (χ0v) is 13.4. The molecule has 1 aromatic carbocycles. The van der Waals surface area contributed by atoms with Crippen molar-refractivity contribution < 1.29 is 13.9 Å². The molecule has 118 valence electrons. The first-order valence-electron chi connectivity index (χ1n) is 7.21. The highest BCUT2D eigenvalue weighted by Crippen LogP contribution is 2.27. The van der Waals surface area contributed by atoms with Crippen LogP contribution >= 0.6 is 11.3 Å². The van der Waals surface area contributed by atoms with E-state index in [0.29, 0.717) is 29.6 Å². The molecule has 0 atom stereocenters. The Bertz CT molecular complexity index is 767. The Balaban J connectivity index is 1.54. The second-order valence-corrected chi connectivity index (χ2v) is 6.02. The van der Waals surface area contributed by atoms with E-state index >= 15 is 0 Å². The van der Waals surface area contributed by atoms with E-state index in [0.717, 1.165) is 10.6 Å². The highest BCUT2D eigenvalue weighted by atomic mass is 32.1. The Hall–Kier alpha value is -2.60. The number of carbonyl (C=O) groups is 1. The fraction of sp³-hybridized carbons (Fsp3) is 0.176. The van der Waals surface area contributed by atoms with Crippen molar-refractivity contribution in [2.24, 2.45) is 0 Å². The van der Waals surface area contributed by atoms with Crippen LogP contribution in [0.5, 0.6) is 5.75 Å². The first-order valence-corrected chi connectivity index (χ1v) is 8.03. The van der Waals surface area contributed by atoms with Gasteiger partial charge in [0.15, 0.2) is 10.8 Å². The summed E-state index contributed by atoms with van der Waals surface area (Å²) in [6.07, 6.45) is 1.59. The van der Waals surface area contributed by atoms with Crippen molar-refractivity contribution in [1.82, 2.24) is 10.3 Å². The number of rotatable bonds is 6. The average Bonchev–Trinajstić information content (AvgIpc) is 3.21. The van der Waals surface area contributed by atoms with E-state index in [2.05, 4.69) is 10.3 Å². The summed E-state index contributed by atoms with van der Waals surface area (Å²) in [6.45, 7) is 2.70. The van der Waals surface area contributed by atoms with Crippen molar-refractivity contribution in [1.29, 1.82) is 0 Å². The molecule has 0 bridgehead atoms. The number of aromatic nitrogens is 1. The fourth-order valence-corrected chi connectivity index (χ4v) is 2.93. The SMILES string of the molecule is Cc1sc(-c2ccco2)nc1C(=O)NCCOc1ccccc1. The summed E-state index contributed by atoms with van der Waals surface area (Å²) < 4.78 is 10.9. The molecule has 2 heterocycles. The number of hydrogen-bond acceptors (Lipinski definition) is 5. The quantitative estimate of drug-likeness (QED) is 0.703. The maximum Gasteiger partial charge on any atom is 0.271 e. The summed E-state index contributed by atoms with van der Waals surface area (Å²) in [6, 6.07) is 13.1. The van der Waals surface area contributed by atoms with Gasteiger partial charge in [-0.2, -0.15) is 0 Å². The van der Waals surface area contributed by atoms with Gasteiger partial charge in [-0.1, -0.05) is 18.2 Å². The maximum absolute atomic E-state index is 12.2. The summed E-state index contributed by atoms with van der Waals surface area (Å²) in [5.74, 6) is 1.25. The number of para-hydroxylation sites is 1. The van der Waals surface area contributed by atoms with Crippen molar-refractivity contribution in [3.63, 3.8) is 0 Å². The molecule has 0 saturated carbocycles. The van der Waals surface area contributed by atoms with Gasteiger partial charge >= 0.3 is 0 Å². The van der Waals surface area contributed by atoms with Crippen LogP contribution in [-0.4, -0.2) is 24.0 Å². The molecule has 0 aliphatic heterocycles. The average molecular weight is 328 g/mol. The molecule has 0 fully saturated rings. The van der Waals surface area contributed by atoms with Crippen LogP contribution in [0.4, 0.5) is 0 Å². The Morgan fingerprint density at radius 2 is 2.09 bits per heavy atom. The molecule has 3 rings (SSSR count). The van der Waals surface area contributed by atoms with Gasteiger partial charge in [0, 0.05) is 4.88 Å². The minimum atomic E-state index is -0.201. The van der Waals surface area contributed by atoms with Gasteiger partial charge in [-0.3, -0.25) is 4.79 Å². The molecular formula is C17H16N2O3S. The standard InChI is InChI=1S/C17H16N2O3S/c1-12-15(19-17(23-12)14-8-5-10-22-14)16(20)18-9-11-21-13-6-3-2-4-7-13/h2-8,10H,9,11H2,1H3,(H,18,20). The van der Waals surface area contributed by atoms with E-state index < -0.39 is 0 Å². The number of amides is 1. The monoisotopic (exact) mass is 328 g/mol. The van der Waals surface area contributed by atoms with Crippen molar-refractivity contribution in [3.05, 3.63) is 59.3 Å². The number of nitrogens with one attached hydrogen (secondary N) is 1. The first kappa shape index (κ1) is 15.3. The van der Waals surface area contributed by atoms with Crippen molar-refractivity contribution >= 4 is 17.2 Å². The van der Waals surface area contributed by atoms with Crippen molar-refractivity contribution in [2.75, 3.05) is 13.2 Å². The van der Waals surface area contributed by atoms with Gasteiger partial charge in [-0.25, -0.2) is 4.98 Å². The van der Waals surface area contributed by atoms with E-state index in [1.54, 1.807) is 12.3 Å². The van der Waals surface area contributed by atoms with Crippen LogP contribution in [-0.2, 0) is 0 Å². The normalized spacial score (nSPS) is 10.5. The smallest absolute Gasteiger partial charge is 0.271 e. The van der Waals surface area contributed by atoms with Gasteiger partial charge in [0.1, 0.15) is 18.1 Å². The van der Waals surface area contributed by atoms with Gasteiger partial charge in [-0.05, 0) is 31.2 Å². The van der Waals surface area contributed by atoms with Gasteiger partial charge in [0.2, 0.25) is 0 Å². The predicted octanol–water partition coefficient (Wildman–Crippen LogP) is 3.52. The van der Waals surface area contributed by atoms with E-state index in [9.17, 15) is 4.79 Å². The topological polar surface area (TPSA) is 64.4 Å². The number of aryl methyl sites for hydroxylation is 1. The Morgan fingerprint density at radius 3 is 2.83 bits per heavy atom. The lowest BCUT2D eigenvalue weighted by atomic mass is 10.3. The second kappa shape index (κ2) is 7.11. The molecule has 6 heteroatoms. The third-order valence-electron chi connectivity index (χ3n) is 3.14. The molecule has 1 amide bonds. The maximum atomic E-state index is 12.2. The lowest BCUT2D eigenvalue weighted by Crippen LogP contribution is -2.28. The van der Waals surface area contributed by atoms with Crippen LogP contribution in [0.1, 0.15) is 15.4 Å². The zero-order valence-electron chi connectivity index (χ0n) is 12.6. The molecule has 2 aromatic heterocycles. The summed E-state index contributed by atoms with van der Waals surface area (Å²) in [4.78, 5) is 17.4. The zero-order chi connectivity index (χ0) is 16.1. The van der Waals surface area contributed by atoms with E-state index in [4.69, 9.17) is 9.15 Å². The lowest BCUT2D eigenvalue weighted by Gasteiger charge is -2.06. The van der Waals surface area contributed by atoms with Gasteiger partial charge in [0.05, 0.1) is 12.8 Å². The number of thiazole rings is 1. The Labute approximate surface area is 137 Å². The predicted molar refractivity (Wildman–Crippen MR) is 88.8 cm³/mol. The van der Waals surface area contributed by atoms with Crippen LogP contribution in [0, 0.1) is 6.92 Å². The van der Waals surface area contributed by atoms with E-state index in [1.165, 1.54) is 11.3 Å². The number of carbonyl (C=O) groups excluding carboxylic acids is 1. The minimum absolute atomic E-state index is 0.201. The largest absolute Gasteiger partial charge is 0.492 e. The molecule has 3 aromatic rings. The number of nitrogens with zero attached hydrogens (tertiary/aromatic N) is 1. The van der Waals surface area contributed by atoms with Gasteiger partial charge < -0.3 is 14.5 Å². The molecule has 0 aliphatic rings. The molecular weight excluding hydrogens is 312 g/mol. The summed E-state index contributed by atoms with van der Waals surface area (Å²) in [7, 11) is 0. The molecule has 0 unspecified atom stereocenters. The van der Waals surface area contributed by atoms with Gasteiger partial charge in [0.25, 0.3) is 5.91 Å². The number of furan rings is 1.